The van der Waals surface area contributed by atoms with E-state index in [4.69, 9.17) is 11.6 Å². The van der Waals surface area contributed by atoms with Gasteiger partial charge in [-0.3, -0.25) is 0 Å². The SMILES string of the molecule is CCC(CO)CCNc1nc(NC)nc(Cl)c1C#Cc1ccc(SC)nc1C. The first-order valence-electron chi connectivity index (χ1n) is 9.16. The molecule has 0 aliphatic rings. The molecule has 1 atom stereocenters. The molecule has 0 bridgehead atoms. The van der Waals surface area contributed by atoms with Crippen molar-refractivity contribution >= 4 is 35.1 Å². The Labute approximate surface area is 175 Å². The van der Waals surface area contributed by atoms with Crippen LogP contribution >= 0.6 is 23.4 Å². The molecule has 0 saturated carbocycles. The molecule has 8 heteroatoms. The Bertz CT molecular complexity index is 862. The van der Waals surface area contributed by atoms with Crippen molar-refractivity contribution in [1.29, 1.82) is 0 Å². The van der Waals surface area contributed by atoms with Crippen LogP contribution in [0.3, 0.4) is 0 Å². The van der Waals surface area contributed by atoms with Gasteiger partial charge < -0.3 is 15.7 Å². The van der Waals surface area contributed by atoms with Gasteiger partial charge in [-0.25, -0.2) is 4.98 Å². The van der Waals surface area contributed by atoms with E-state index < -0.39 is 0 Å². The summed E-state index contributed by atoms with van der Waals surface area (Å²) in [4.78, 5) is 13.2. The highest BCUT2D eigenvalue weighted by Crippen LogP contribution is 2.23. The van der Waals surface area contributed by atoms with Crippen molar-refractivity contribution in [2.75, 3.05) is 37.1 Å². The van der Waals surface area contributed by atoms with Gasteiger partial charge in [0.15, 0.2) is 5.15 Å². The third-order valence-electron chi connectivity index (χ3n) is 4.36. The molecule has 0 radical (unpaired) electrons. The number of hydrogen-bond acceptors (Lipinski definition) is 7. The van der Waals surface area contributed by atoms with Gasteiger partial charge in [0.05, 0.1) is 10.7 Å². The van der Waals surface area contributed by atoms with E-state index in [0.717, 1.165) is 29.1 Å². The molecule has 0 spiro atoms. The summed E-state index contributed by atoms with van der Waals surface area (Å²) in [7, 11) is 1.74. The molecule has 150 valence electrons. The van der Waals surface area contributed by atoms with Gasteiger partial charge in [0.25, 0.3) is 0 Å². The second kappa shape index (κ2) is 11.1. The fraction of sp³-hybridized carbons (Fsp3) is 0.450. The van der Waals surface area contributed by atoms with Gasteiger partial charge in [-0.15, -0.1) is 11.8 Å². The molecule has 0 fully saturated rings. The van der Waals surface area contributed by atoms with Crippen LogP contribution in [0.25, 0.3) is 0 Å². The number of aliphatic hydroxyl groups is 1. The van der Waals surface area contributed by atoms with E-state index in [9.17, 15) is 5.11 Å². The number of rotatable bonds is 8. The van der Waals surface area contributed by atoms with Crippen LogP contribution in [0.4, 0.5) is 11.8 Å². The number of aromatic nitrogens is 3. The number of nitrogens with zero attached hydrogens (tertiary/aromatic N) is 3. The van der Waals surface area contributed by atoms with Gasteiger partial charge in [0.1, 0.15) is 11.4 Å². The second-order valence-electron chi connectivity index (χ2n) is 6.22. The maximum atomic E-state index is 9.36. The van der Waals surface area contributed by atoms with Gasteiger partial charge >= 0.3 is 0 Å². The smallest absolute Gasteiger partial charge is 0.225 e. The molecule has 28 heavy (non-hydrogen) atoms. The number of thioether (sulfide) groups is 1. The first-order chi connectivity index (χ1) is 13.5. The largest absolute Gasteiger partial charge is 0.396 e. The van der Waals surface area contributed by atoms with E-state index in [2.05, 4.69) is 44.4 Å². The fourth-order valence-electron chi connectivity index (χ4n) is 2.52. The lowest BCUT2D eigenvalue weighted by Crippen LogP contribution is -2.14. The Hall–Kier alpha value is -2.01. The van der Waals surface area contributed by atoms with Crippen molar-refractivity contribution in [1.82, 2.24) is 15.0 Å². The number of aliphatic hydroxyl groups excluding tert-OH is 1. The Morgan fingerprint density at radius 3 is 2.64 bits per heavy atom. The zero-order chi connectivity index (χ0) is 20.5. The molecule has 0 amide bonds. The molecule has 0 aliphatic heterocycles. The second-order valence-corrected chi connectivity index (χ2v) is 7.41. The van der Waals surface area contributed by atoms with E-state index in [-0.39, 0.29) is 17.7 Å². The van der Waals surface area contributed by atoms with Crippen LogP contribution in [0, 0.1) is 24.7 Å². The van der Waals surface area contributed by atoms with E-state index in [1.54, 1.807) is 18.8 Å². The van der Waals surface area contributed by atoms with Gasteiger partial charge in [-0.2, -0.15) is 9.97 Å². The lowest BCUT2D eigenvalue weighted by Gasteiger charge is -2.14. The van der Waals surface area contributed by atoms with Crippen LogP contribution in [0.1, 0.15) is 36.6 Å². The Kier molecular flexibility index (Phi) is 8.84. The first kappa shape index (κ1) is 22.3. The fourth-order valence-corrected chi connectivity index (χ4v) is 3.17. The minimum atomic E-state index is 0.176. The van der Waals surface area contributed by atoms with Gasteiger partial charge in [-0.1, -0.05) is 36.8 Å². The number of pyridine rings is 1. The number of halogens is 1. The summed E-state index contributed by atoms with van der Waals surface area (Å²) in [6.45, 7) is 4.84. The molecule has 0 aromatic carbocycles. The summed E-state index contributed by atoms with van der Waals surface area (Å²) >= 11 is 7.97. The van der Waals surface area contributed by atoms with Crippen LogP contribution in [-0.4, -0.2) is 46.5 Å². The summed E-state index contributed by atoms with van der Waals surface area (Å²) in [5.41, 5.74) is 2.25. The molecular formula is C20H26ClN5OS. The minimum absolute atomic E-state index is 0.176. The lowest BCUT2D eigenvalue weighted by atomic mass is 10.0. The molecule has 2 aromatic rings. The van der Waals surface area contributed by atoms with E-state index in [0.29, 0.717) is 23.9 Å². The third-order valence-corrected chi connectivity index (χ3v) is 5.28. The molecule has 1 unspecified atom stereocenters. The van der Waals surface area contributed by atoms with Crippen molar-refractivity contribution in [2.45, 2.75) is 31.7 Å². The zero-order valence-electron chi connectivity index (χ0n) is 16.6. The Morgan fingerprint density at radius 2 is 2.04 bits per heavy atom. The van der Waals surface area contributed by atoms with Crippen LogP contribution in [-0.2, 0) is 0 Å². The number of anilines is 2. The maximum absolute atomic E-state index is 9.36. The topological polar surface area (TPSA) is 83.0 Å². The monoisotopic (exact) mass is 419 g/mol. The standard InChI is InChI=1S/C20H26ClN5OS/c1-5-14(12-27)10-11-23-19-16(18(21)25-20(22-3)26-19)8-6-15-7-9-17(28-4)24-13(15)2/h7,9,14,27H,5,10-12H2,1-4H3,(H2,22,23,25,26). The van der Waals surface area contributed by atoms with Gasteiger partial charge in [0.2, 0.25) is 5.95 Å². The van der Waals surface area contributed by atoms with Crippen molar-refractivity contribution in [2.24, 2.45) is 5.92 Å². The third kappa shape index (κ3) is 5.99. The number of nitrogens with one attached hydrogen (secondary N) is 2. The van der Waals surface area contributed by atoms with Crippen LogP contribution < -0.4 is 10.6 Å². The molecule has 2 aromatic heterocycles. The minimum Gasteiger partial charge on any atom is -0.396 e. The highest BCUT2D eigenvalue weighted by Gasteiger charge is 2.12. The summed E-state index contributed by atoms with van der Waals surface area (Å²) in [6.07, 6.45) is 3.75. The van der Waals surface area contributed by atoms with E-state index in [1.807, 2.05) is 25.3 Å². The lowest BCUT2D eigenvalue weighted by molar-refractivity contribution is 0.217. The van der Waals surface area contributed by atoms with E-state index in [1.165, 1.54) is 0 Å². The summed E-state index contributed by atoms with van der Waals surface area (Å²) in [5, 5.41) is 16.8. The van der Waals surface area contributed by atoms with Crippen molar-refractivity contribution in [3.05, 3.63) is 34.1 Å². The molecule has 2 rings (SSSR count). The Balaban J connectivity index is 2.30. The molecule has 2 heterocycles. The Morgan fingerprint density at radius 1 is 1.25 bits per heavy atom. The van der Waals surface area contributed by atoms with Crippen molar-refractivity contribution in [3.8, 4) is 11.8 Å². The predicted octanol–water partition coefficient (Wildman–Crippen LogP) is 3.82. The maximum Gasteiger partial charge on any atom is 0.225 e. The molecule has 3 N–H and O–H groups in total. The van der Waals surface area contributed by atoms with Crippen molar-refractivity contribution < 1.29 is 5.11 Å². The molecule has 0 aliphatic carbocycles. The first-order valence-corrected chi connectivity index (χ1v) is 10.8. The normalized spacial score (nSPS) is 11.5. The van der Waals surface area contributed by atoms with Crippen LogP contribution in [0.2, 0.25) is 5.15 Å². The summed E-state index contributed by atoms with van der Waals surface area (Å²) in [6, 6.07) is 3.90. The predicted molar refractivity (Wildman–Crippen MR) is 117 cm³/mol. The summed E-state index contributed by atoms with van der Waals surface area (Å²) in [5.74, 6) is 7.50. The zero-order valence-corrected chi connectivity index (χ0v) is 18.2. The van der Waals surface area contributed by atoms with Crippen molar-refractivity contribution in [3.63, 3.8) is 0 Å². The summed E-state index contributed by atoms with van der Waals surface area (Å²) < 4.78 is 0. The average Bonchev–Trinajstić information content (AvgIpc) is 2.71. The molecule has 0 saturated heterocycles. The molecule has 6 nitrogen and oxygen atoms in total. The van der Waals surface area contributed by atoms with Crippen LogP contribution in [0.5, 0.6) is 0 Å². The molecular weight excluding hydrogens is 394 g/mol. The number of aryl methyl sites for hydroxylation is 1. The van der Waals surface area contributed by atoms with Gasteiger partial charge in [-0.05, 0) is 37.7 Å². The highest BCUT2D eigenvalue weighted by molar-refractivity contribution is 7.98. The van der Waals surface area contributed by atoms with Crippen LogP contribution in [0.15, 0.2) is 17.2 Å². The average molecular weight is 420 g/mol. The quantitative estimate of drug-likeness (QED) is 0.341. The van der Waals surface area contributed by atoms with E-state index >= 15 is 0 Å². The highest BCUT2D eigenvalue weighted by atomic mass is 35.5. The number of hydrogen-bond donors (Lipinski definition) is 3. The van der Waals surface area contributed by atoms with Gasteiger partial charge in [0, 0.05) is 25.8 Å².